The molecule has 1 aromatic carbocycles. The summed E-state index contributed by atoms with van der Waals surface area (Å²) < 4.78 is 1.97. The highest BCUT2D eigenvalue weighted by Crippen LogP contribution is 2.09. The normalized spacial score (nSPS) is 10.9. The quantitative estimate of drug-likeness (QED) is 0.700. The van der Waals surface area contributed by atoms with Gasteiger partial charge in [-0.2, -0.15) is 0 Å². The number of rotatable bonds is 2. The molecule has 69 valence electrons. The first kappa shape index (κ1) is 8.75. The summed E-state index contributed by atoms with van der Waals surface area (Å²) in [6.07, 6.45) is 9.23. The molecule has 0 atom stereocenters. The Labute approximate surface area is 83.5 Å². The topological polar surface area (TPSA) is 17.8 Å². The summed E-state index contributed by atoms with van der Waals surface area (Å²) in [6.45, 7) is 3.66. The van der Waals surface area contributed by atoms with E-state index in [-0.39, 0.29) is 0 Å². The molecule has 0 saturated carbocycles. The van der Waals surface area contributed by atoms with Gasteiger partial charge in [0, 0.05) is 18.1 Å². The Morgan fingerprint density at radius 1 is 1.21 bits per heavy atom. The molecule has 2 rings (SSSR count). The number of benzene rings is 1. The number of aromatic nitrogens is 2. The first-order valence-corrected chi connectivity index (χ1v) is 4.44. The van der Waals surface area contributed by atoms with Crippen LogP contribution in [0.1, 0.15) is 5.56 Å². The third kappa shape index (κ3) is 1.74. The molecular formula is C12H11N2. The maximum Gasteiger partial charge on any atom is 0.0991 e. The number of nitrogens with zero attached hydrogens (tertiary/aromatic N) is 2. The summed E-state index contributed by atoms with van der Waals surface area (Å²) in [5.41, 5.74) is 2.27. The van der Waals surface area contributed by atoms with Gasteiger partial charge in [0.05, 0.1) is 6.33 Å². The van der Waals surface area contributed by atoms with Gasteiger partial charge in [0.1, 0.15) is 0 Å². The lowest BCUT2D eigenvalue weighted by atomic mass is 10.2. The van der Waals surface area contributed by atoms with Crippen molar-refractivity contribution in [2.45, 2.75) is 0 Å². The average molecular weight is 183 g/mol. The Balaban J connectivity index is 2.31. The summed E-state index contributed by atoms with van der Waals surface area (Å²) in [5.74, 6) is 0. The van der Waals surface area contributed by atoms with E-state index in [1.54, 1.807) is 18.6 Å². The van der Waals surface area contributed by atoms with Crippen LogP contribution >= 0.6 is 0 Å². The molecule has 1 heterocycles. The molecule has 0 saturated heterocycles. The lowest BCUT2D eigenvalue weighted by molar-refractivity contribution is 1.06. The molecule has 2 nitrogen and oxygen atoms in total. The monoisotopic (exact) mass is 183 g/mol. The molecule has 1 aromatic heterocycles. The van der Waals surface area contributed by atoms with Crippen molar-refractivity contribution in [1.82, 2.24) is 9.55 Å². The SMILES string of the molecule is [CH2]/C=C/c1ccc(-n2ccnc2)cc1. The summed E-state index contributed by atoms with van der Waals surface area (Å²) in [5, 5.41) is 0. The second-order valence-corrected chi connectivity index (χ2v) is 2.96. The fraction of sp³-hybridized carbons (Fsp3) is 0. The van der Waals surface area contributed by atoms with Crippen molar-refractivity contribution in [3.63, 3.8) is 0 Å². The first-order chi connectivity index (χ1) is 6.90. The zero-order chi connectivity index (χ0) is 9.80. The van der Waals surface area contributed by atoms with Crippen molar-refractivity contribution in [2.75, 3.05) is 0 Å². The van der Waals surface area contributed by atoms with Gasteiger partial charge in [0.2, 0.25) is 0 Å². The lowest BCUT2D eigenvalue weighted by Gasteiger charge is -2.01. The van der Waals surface area contributed by atoms with E-state index < -0.39 is 0 Å². The van der Waals surface area contributed by atoms with Crippen molar-refractivity contribution < 1.29 is 0 Å². The zero-order valence-corrected chi connectivity index (χ0v) is 7.80. The molecule has 0 aliphatic heterocycles. The van der Waals surface area contributed by atoms with Crippen LogP contribution in [0.4, 0.5) is 0 Å². The van der Waals surface area contributed by atoms with Crippen molar-refractivity contribution >= 4 is 6.08 Å². The van der Waals surface area contributed by atoms with Gasteiger partial charge in [-0.25, -0.2) is 4.98 Å². The van der Waals surface area contributed by atoms with Gasteiger partial charge in [-0.3, -0.25) is 0 Å². The maximum absolute atomic E-state index is 4.00. The Hall–Kier alpha value is -1.83. The number of imidazole rings is 1. The molecule has 14 heavy (non-hydrogen) atoms. The molecule has 1 radical (unpaired) electrons. The van der Waals surface area contributed by atoms with Crippen LogP contribution in [-0.2, 0) is 0 Å². The highest BCUT2D eigenvalue weighted by Gasteiger charge is 1.93. The summed E-state index contributed by atoms with van der Waals surface area (Å²) in [4.78, 5) is 4.00. The van der Waals surface area contributed by atoms with Gasteiger partial charge in [-0.15, -0.1) is 0 Å². The van der Waals surface area contributed by atoms with Gasteiger partial charge in [0.15, 0.2) is 0 Å². The van der Waals surface area contributed by atoms with Crippen LogP contribution in [0.25, 0.3) is 11.8 Å². The van der Waals surface area contributed by atoms with Gasteiger partial charge in [-0.1, -0.05) is 24.3 Å². The van der Waals surface area contributed by atoms with E-state index in [2.05, 4.69) is 36.2 Å². The number of hydrogen-bond acceptors (Lipinski definition) is 1. The molecule has 2 heteroatoms. The number of allylic oxidation sites excluding steroid dienone is 1. The smallest absolute Gasteiger partial charge is 0.0991 e. The standard InChI is InChI=1S/C12H11N2/c1-2-3-11-4-6-12(7-5-11)14-9-8-13-10-14/h2-10H,1H2/b3-2+. The molecule has 0 amide bonds. The Bertz CT molecular complexity index is 410. The third-order valence-electron chi connectivity index (χ3n) is 2.01. The van der Waals surface area contributed by atoms with Crippen LogP contribution in [0.15, 0.2) is 49.1 Å². The predicted molar refractivity (Wildman–Crippen MR) is 58.0 cm³/mol. The Kier molecular flexibility index (Phi) is 2.45. The van der Waals surface area contributed by atoms with E-state index in [0.29, 0.717) is 0 Å². The van der Waals surface area contributed by atoms with Crippen LogP contribution in [0.2, 0.25) is 0 Å². The van der Waals surface area contributed by atoms with Crippen LogP contribution in [0, 0.1) is 6.92 Å². The average Bonchev–Trinajstić information content (AvgIpc) is 2.72. The summed E-state index contributed by atoms with van der Waals surface area (Å²) in [6, 6.07) is 8.21. The predicted octanol–water partition coefficient (Wildman–Crippen LogP) is 2.72. The highest BCUT2D eigenvalue weighted by atomic mass is 15.0. The minimum absolute atomic E-state index is 1.11. The van der Waals surface area contributed by atoms with Crippen molar-refractivity contribution in [2.24, 2.45) is 0 Å². The molecule has 0 aliphatic carbocycles. The minimum Gasteiger partial charge on any atom is -0.306 e. The third-order valence-corrected chi connectivity index (χ3v) is 2.01. The van der Waals surface area contributed by atoms with Crippen molar-refractivity contribution in [1.29, 1.82) is 0 Å². The van der Waals surface area contributed by atoms with Gasteiger partial charge in [-0.05, 0) is 24.6 Å². The molecule has 0 bridgehead atoms. The minimum atomic E-state index is 1.11. The van der Waals surface area contributed by atoms with Gasteiger partial charge < -0.3 is 4.57 Å². The molecular weight excluding hydrogens is 172 g/mol. The van der Waals surface area contributed by atoms with Crippen LogP contribution < -0.4 is 0 Å². The fourth-order valence-corrected chi connectivity index (χ4v) is 1.31. The van der Waals surface area contributed by atoms with Gasteiger partial charge in [0.25, 0.3) is 0 Å². The lowest BCUT2D eigenvalue weighted by Crippen LogP contribution is -1.88. The van der Waals surface area contributed by atoms with E-state index in [4.69, 9.17) is 0 Å². The van der Waals surface area contributed by atoms with Crippen molar-refractivity contribution in [3.8, 4) is 5.69 Å². The second-order valence-electron chi connectivity index (χ2n) is 2.96. The summed E-state index contributed by atoms with van der Waals surface area (Å²) in [7, 11) is 0. The molecule has 0 aliphatic rings. The Morgan fingerprint density at radius 2 is 2.00 bits per heavy atom. The van der Waals surface area contributed by atoms with E-state index >= 15 is 0 Å². The van der Waals surface area contributed by atoms with Crippen LogP contribution in [0.3, 0.4) is 0 Å². The molecule has 0 N–H and O–H groups in total. The Morgan fingerprint density at radius 3 is 2.57 bits per heavy atom. The van der Waals surface area contributed by atoms with E-state index in [1.165, 1.54) is 0 Å². The molecule has 0 unspecified atom stereocenters. The molecule has 2 aromatic rings. The largest absolute Gasteiger partial charge is 0.306 e. The fourth-order valence-electron chi connectivity index (χ4n) is 1.31. The second kappa shape index (κ2) is 3.92. The van der Waals surface area contributed by atoms with Crippen LogP contribution in [0.5, 0.6) is 0 Å². The van der Waals surface area contributed by atoms with E-state index in [1.807, 2.05) is 16.8 Å². The van der Waals surface area contributed by atoms with E-state index in [0.717, 1.165) is 11.3 Å². The van der Waals surface area contributed by atoms with Crippen LogP contribution in [-0.4, -0.2) is 9.55 Å². The van der Waals surface area contributed by atoms with Gasteiger partial charge >= 0.3 is 0 Å². The van der Waals surface area contributed by atoms with E-state index in [9.17, 15) is 0 Å². The molecule has 0 spiro atoms. The summed E-state index contributed by atoms with van der Waals surface area (Å²) >= 11 is 0. The highest BCUT2D eigenvalue weighted by molar-refractivity contribution is 5.52. The maximum atomic E-state index is 4.00. The zero-order valence-electron chi connectivity index (χ0n) is 7.80. The molecule has 0 fully saturated rings. The first-order valence-electron chi connectivity index (χ1n) is 4.44. The van der Waals surface area contributed by atoms with Crippen molar-refractivity contribution in [3.05, 3.63) is 61.5 Å². The number of hydrogen-bond donors (Lipinski definition) is 0.